The van der Waals surface area contributed by atoms with Crippen LogP contribution < -0.4 is 5.32 Å². The van der Waals surface area contributed by atoms with Crippen molar-refractivity contribution in [2.24, 2.45) is 0 Å². The Labute approximate surface area is 92.2 Å². The lowest BCUT2D eigenvalue weighted by Gasteiger charge is -2.12. The number of rotatable bonds is 4. The first-order valence-corrected chi connectivity index (χ1v) is 5.84. The molecule has 1 aromatic rings. The summed E-state index contributed by atoms with van der Waals surface area (Å²) in [6.07, 6.45) is 7.96. The Morgan fingerprint density at radius 3 is 3.13 bits per heavy atom. The van der Waals surface area contributed by atoms with E-state index in [0.29, 0.717) is 6.04 Å². The van der Waals surface area contributed by atoms with Gasteiger partial charge in [-0.3, -0.25) is 0 Å². The summed E-state index contributed by atoms with van der Waals surface area (Å²) in [6.45, 7) is 3.16. The third-order valence-electron chi connectivity index (χ3n) is 3.07. The van der Waals surface area contributed by atoms with Crippen LogP contribution in [0.15, 0.2) is 36.4 Å². The number of hydrogen-bond donors (Lipinski definition) is 1. The maximum atomic E-state index is 3.62. The average Bonchev–Trinajstić information content (AvgIpc) is 2.68. The third kappa shape index (κ3) is 2.48. The third-order valence-corrected chi connectivity index (χ3v) is 3.07. The van der Waals surface area contributed by atoms with Crippen molar-refractivity contribution in [2.45, 2.75) is 32.2 Å². The zero-order valence-electron chi connectivity index (χ0n) is 9.37. The van der Waals surface area contributed by atoms with Gasteiger partial charge in [0.2, 0.25) is 0 Å². The summed E-state index contributed by atoms with van der Waals surface area (Å²) < 4.78 is 0. The second-order valence-electron chi connectivity index (χ2n) is 4.10. The summed E-state index contributed by atoms with van der Waals surface area (Å²) in [4.78, 5) is 0. The van der Waals surface area contributed by atoms with Gasteiger partial charge in [-0.05, 0) is 43.9 Å². The van der Waals surface area contributed by atoms with Gasteiger partial charge in [0, 0.05) is 6.04 Å². The lowest BCUT2D eigenvalue weighted by Crippen LogP contribution is -2.19. The van der Waals surface area contributed by atoms with Crippen LogP contribution >= 0.6 is 0 Å². The molecule has 1 nitrogen and oxygen atoms in total. The molecule has 0 saturated heterocycles. The minimum atomic E-state index is 0.589. The second kappa shape index (κ2) is 5.13. The molecule has 0 spiro atoms. The molecular weight excluding hydrogens is 182 g/mol. The molecule has 0 fully saturated rings. The molecule has 15 heavy (non-hydrogen) atoms. The molecule has 0 radical (unpaired) electrons. The number of hydrogen-bond acceptors (Lipinski definition) is 1. The Kier molecular flexibility index (Phi) is 3.57. The smallest absolute Gasteiger partial charge is 0.0326 e. The SMILES string of the molecule is C/C=C/CCNC1CCc2ccccc21. The molecular formula is C14H19N. The Morgan fingerprint density at radius 2 is 2.27 bits per heavy atom. The van der Waals surface area contributed by atoms with Crippen LogP contribution in [-0.4, -0.2) is 6.54 Å². The van der Waals surface area contributed by atoms with Crippen molar-refractivity contribution in [3.05, 3.63) is 47.5 Å². The second-order valence-corrected chi connectivity index (χ2v) is 4.10. The van der Waals surface area contributed by atoms with Gasteiger partial charge in [-0.15, -0.1) is 0 Å². The summed E-state index contributed by atoms with van der Waals surface area (Å²) in [5.41, 5.74) is 3.04. The van der Waals surface area contributed by atoms with E-state index in [0.717, 1.165) is 13.0 Å². The van der Waals surface area contributed by atoms with Crippen molar-refractivity contribution in [2.75, 3.05) is 6.54 Å². The molecule has 1 aliphatic rings. The van der Waals surface area contributed by atoms with E-state index >= 15 is 0 Å². The Bertz CT molecular complexity index is 341. The van der Waals surface area contributed by atoms with Crippen LogP contribution in [0.5, 0.6) is 0 Å². The first-order chi connectivity index (χ1) is 7.42. The van der Waals surface area contributed by atoms with Crippen LogP contribution in [0.25, 0.3) is 0 Å². The molecule has 0 heterocycles. The van der Waals surface area contributed by atoms with E-state index in [4.69, 9.17) is 0 Å². The van der Waals surface area contributed by atoms with Crippen molar-refractivity contribution < 1.29 is 0 Å². The highest BCUT2D eigenvalue weighted by Gasteiger charge is 2.20. The van der Waals surface area contributed by atoms with Gasteiger partial charge in [0.25, 0.3) is 0 Å². The maximum absolute atomic E-state index is 3.62. The number of aryl methyl sites for hydroxylation is 1. The molecule has 1 aliphatic carbocycles. The molecule has 0 bridgehead atoms. The quantitative estimate of drug-likeness (QED) is 0.582. The van der Waals surface area contributed by atoms with Crippen molar-refractivity contribution in [3.8, 4) is 0 Å². The van der Waals surface area contributed by atoms with Crippen molar-refractivity contribution in [1.29, 1.82) is 0 Å². The monoisotopic (exact) mass is 201 g/mol. The van der Waals surface area contributed by atoms with Gasteiger partial charge < -0.3 is 5.32 Å². The van der Waals surface area contributed by atoms with E-state index in [1.54, 1.807) is 0 Å². The van der Waals surface area contributed by atoms with Gasteiger partial charge in [-0.1, -0.05) is 36.4 Å². The molecule has 1 heteroatoms. The van der Waals surface area contributed by atoms with E-state index < -0.39 is 0 Å². The summed E-state index contributed by atoms with van der Waals surface area (Å²) >= 11 is 0. The molecule has 80 valence electrons. The summed E-state index contributed by atoms with van der Waals surface area (Å²) in [6, 6.07) is 9.39. The number of fused-ring (bicyclic) bond motifs is 1. The molecule has 1 N–H and O–H groups in total. The van der Waals surface area contributed by atoms with Gasteiger partial charge in [-0.2, -0.15) is 0 Å². The fraction of sp³-hybridized carbons (Fsp3) is 0.429. The van der Waals surface area contributed by atoms with Crippen molar-refractivity contribution in [1.82, 2.24) is 5.32 Å². The predicted octanol–water partition coefficient (Wildman–Crippen LogP) is 3.23. The van der Waals surface area contributed by atoms with Crippen molar-refractivity contribution in [3.63, 3.8) is 0 Å². The van der Waals surface area contributed by atoms with Crippen LogP contribution in [0.4, 0.5) is 0 Å². The largest absolute Gasteiger partial charge is 0.310 e. The summed E-state index contributed by atoms with van der Waals surface area (Å²) in [5, 5.41) is 3.62. The lowest BCUT2D eigenvalue weighted by atomic mass is 10.1. The highest BCUT2D eigenvalue weighted by atomic mass is 14.9. The van der Waals surface area contributed by atoms with E-state index in [9.17, 15) is 0 Å². The highest BCUT2D eigenvalue weighted by molar-refractivity contribution is 5.34. The van der Waals surface area contributed by atoms with Gasteiger partial charge in [0.1, 0.15) is 0 Å². The standard InChI is InChI=1S/C14H19N/c1-2-3-6-11-15-14-10-9-12-7-4-5-8-13(12)14/h2-5,7-8,14-15H,6,9-11H2,1H3/b3-2+. The van der Waals surface area contributed by atoms with E-state index in [1.807, 2.05) is 0 Å². The Morgan fingerprint density at radius 1 is 1.40 bits per heavy atom. The lowest BCUT2D eigenvalue weighted by molar-refractivity contribution is 0.536. The molecule has 0 amide bonds. The van der Waals surface area contributed by atoms with Gasteiger partial charge >= 0.3 is 0 Å². The van der Waals surface area contributed by atoms with Crippen LogP contribution in [0.2, 0.25) is 0 Å². The maximum Gasteiger partial charge on any atom is 0.0326 e. The first-order valence-electron chi connectivity index (χ1n) is 5.84. The van der Waals surface area contributed by atoms with Crippen LogP contribution in [0.3, 0.4) is 0 Å². The topological polar surface area (TPSA) is 12.0 Å². The zero-order chi connectivity index (χ0) is 10.5. The summed E-state index contributed by atoms with van der Waals surface area (Å²) in [5.74, 6) is 0. The predicted molar refractivity (Wildman–Crippen MR) is 64.9 cm³/mol. The fourth-order valence-corrected chi connectivity index (χ4v) is 2.28. The van der Waals surface area contributed by atoms with Crippen molar-refractivity contribution >= 4 is 0 Å². The minimum absolute atomic E-state index is 0.589. The summed E-state index contributed by atoms with van der Waals surface area (Å²) in [7, 11) is 0. The molecule has 0 aliphatic heterocycles. The van der Waals surface area contributed by atoms with Crippen LogP contribution in [0, 0.1) is 0 Å². The van der Waals surface area contributed by atoms with Gasteiger partial charge in [0.15, 0.2) is 0 Å². The van der Waals surface area contributed by atoms with Gasteiger partial charge in [-0.25, -0.2) is 0 Å². The molecule has 1 unspecified atom stereocenters. The van der Waals surface area contributed by atoms with E-state index in [1.165, 1.54) is 24.0 Å². The molecule has 0 aromatic heterocycles. The van der Waals surface area contributed by atoms with Crippen LogP contribution in [0.1, 0.15) is 36.9 Å². The normalized spacial score (nSPS) is 19.7. The molecule has 1 atom stereocenters. The van der Waals surface area contributed by atoms with E-state index in [-0.39, 0.29) is 0 Å². The van der Waals surface area contributed by atoms with E-state index in [2.05, 4.69) is 48.7 Å². The number of benzene rings is 1. The Hall–Kier alpha value is -1.08. The number of nitrogens with one attached hydrogen (secondary N) is 1. The molecule has 2 rings (SSSR count). The zero-order valence-corrected chi connectivity index (χ0v) is 9.37. The molecule has 0 saturated carbocycles. The highest BCUT2D eigenvalue weighted by Crippen LogP contribution is 2.30. The Balaban J connectivity index is 1.90. The first kappa shape index (κ1) is 10.4. The number of allylic oxidation sites excluding steroid dienone is 1. The fourth-order valence-electron chi connectivity index (χ4n) is 2.28. The van der Waals surface area contributed by atoms with Gasteiger partial charge in [0.05, 0.1) is 0 Å². The van der Waals surface area contributed by atoms with Crippen LogP contribution in [-0.2, 0) is 6.42 Å². The minimum Gasteiger partial charge on any atom is -0.310 e. The molecule has 1 aromatic carbocycles. The average molecular weight is 201 g/mol.